The molecule has 0 radical (unpaired) electrons. The topological polar surface area (TPSA) is 132 Å². The number of hydrogen-bond acceptors (Lipinski definition) is 11. The normalized spacial score (nSPS) is 13.2. The Hall–Kier alpha value is -7.28. The molecule has 0 bridgehead atoms. The summed E-state index contributed by atoms with van der Waals surface area (Å²) in [6.45, 7) is 10.3. The van der Waals surface area contributed by atoms with Crippen LogP contribution in [-0.2, 0) is 25.8 Å². The molecule has 12 heteroatoms. The van der Waals surface area contributed by atoms with Gasteiger partial charge in [-0.25, -0.2) is 0 Å². The van der Waals surface area contributed by atoms with Crippen molar-refractivity contribution in [3.8, 4) is 0 Å². The van der Waals surface area contributed by atoms with Crippen molar-refractivity contribution < 1.29 is 29.3 Å². The number of benzene rings is 7. The molecular formula is C59H58N4O6S2. The molecule has 0 spiro atoms. The number of carbonyl (C=O) groups is 3. The van der Waals surface area contributed by atoms with Gasteiger partial charge in [-0.15, -0.1) is 0 Å². The number of aldehydes is 1. The fraction of sp³-hybridized carbons (Fsp3) is 0.220. The summed E-state index contributed by atoms with van der Waals surface area (Å²) in [5.41, 5.74) is 8.76. The van der Waals surface area contributed by atoms with Crippen molar-refractivity contribution in [3.05, 3.63) is 179 Å². The van der Waals surface area contributed by atoms with Crippen LogP contribution in [0, 0.1) is 5.92 Å². The van der Waals surface area contributed by atoms with E-state index in [1.807, 2.05) is 118 Å². The Morgan fingerprint density at radius 1 is 0.634 bits per heavy atom. The molecule has 1 saturated carbocycles. The van der Waals surface area contributed by atoms with Gasteiger partial charge in [-0.3, -0.25) is 9.59 Å². The van der Waals surface area contributed by atoms with Gasteiger partial charge < -0.3 is 24.2 Å². The molecule has 1 aliphatic rings. The van der Waals surface area contributed by atoms with Crippen LogP contribution in [0.2, 0.25) is 0 Å². The quantitative estimate of drug-likeness (QED) is 0.0268. The average molecular weight is 983 g/mol. The molecule has 7 aromatic carbocycles. The Bertz CT molecular complexity index is 3210. The zero-order valence-corrected chi connectivity index (χ0v) is 42.6. The average Bonchev–Trinajstić information content (AvgIpc) is 3.72. The van der Waals surface area contributed by atoms with Gasteiger partial charge in [-0.05, 0) is 135 Å². The van der Waals surface area contributed by atoms with Gasteiger partial charge in [-0.2, -0.15) is 0 Å². The zero-order valence-electron chi connectivity index (χ0n) is 40.9. The highest BCUT2D eigenvalue weighted by atomic mass is 32.2. The first-order chi connectivity index (χ1) is 34.7. The lowest BCUT2D eigenvalue weighted by Gasteiger charge is -2.23. The van der Waals surface area contributed by atoms with Gasteiger partial charge in [0.1, 0.15) is 19.1 Å². The first-order valence-electron chi connectivity index (χ1n) is 23.9. The maximum atomic E-state index is 14.7. The molecule has 0 atom stereocenters. The van der Waals surface area contributed by atoms with Crippen LogP contribution >= 0.6 is 23.5 Å². The Labute approximate surface area is 423 Å². The molecule has 0 unspecified atom stereocenters. The van der Waals surface area contributed by atoms with Crippen LogP contribution in [0.4, 0.5) is 0 Å². The van der Waals surface area contributed by atoms with Gasteiger partial charge in [0.25, 0.3) is 0 Å². The summed E-state index contributed by atoms with van der Waals surface area (Å²) in [7, 11) is 1.54. The molecule has 0 amide bonds. The van der Waals surface area contributed by atoms with E-state index in [9.17, 15) is 14.8 Å². The molecule has 1 fully saturated rings. The number of oxime groups is 3. The number of fused-ring (bicyclic) bond motifs is 5. The van der Waals surface area contributed by atoms with Gasteiger partial charge in [0.15, 0.2) is 5.78 Å². The van der Waals surface area contributed by atoms with E-state index in [4.69, 9.17) is 9.63 Å². The SMILES string of the molecule is CC.CC=O.CO/N=C(\C)c1ccc(Sc2ccc(C(=O)c3cc4c5cc(/C(=N/O)c6ccc(Sc7ccc(/C(C)=N/OC=O)cc7)cc6)ccc5n(CC5CCCCC5)c4c4ccccc34)cc2)cc1. The van der Waals surface area contributed by atoms with Gasteiger partial charge in [-0.1, -0.05) is 139 Å². The molecule has 8 aromatic rings. The van der Waals surface area contributed by atoms with Crippen molar-refractivity contribution in [2.75, 3.05) is 7.11 Å². The fourth-order valence-electron chi connectivity index (χ4n) is 9.05. The second kappa shape index (κ2) is 25.0. The third-order valence-corrected chi connectivity index (χ3v) is 14.4. The Balaban J connectivity index is 0.00000143. The molecule has 0 saturated heterocycles. The van der Waals surface area contributed by atoms with E-state index in [0.717, 1.165) is 93.0 Å². The van der Waals surface area contributed by atoms with Crippen LogP contribution in [0.3, 0.4) is 0 Å². The monoisotopic (exact) mass is 982 g/mol. The lowest BCUT2D eigenvalue weighted by Crippen LogP contribution is -2.14. The van der Waals surface area contributed by atoms with Crippen LogP contribution in [0.1, 0.15) is 105 Å². The summed E-state index contributed by atoms with van der Waals surface area (Å²) < 4.78 is 2.48. The van der Waals surface area contributed by atoms with Crippen molar-refractivity contribution in [2.45, 2.75) is 92.8 Å². The summed E-state index contributed by atoms with van der Waals surface area (Å²) in [6.07, 6.45) is 6.91. The minimum absolute atomic E-state index is 0.0362. The van der Waals surface area contributed by atoms with Gasteiger partial charge in [0, 0.05) is 70.1 Å². The number of ketones is 1. The molecule has 1 heterocycles. The second-order valence-corrected chi connectivity index (χ2v) is 19.1. The summed E-state index contributed by atoms with van der Waals surface area (Å²) in [4.78, 5) is 47.7. The predicted molar refractivity (Wildman–Crippen MR) is 290 cm³/mol. The van der Waals surface area contributed by atoms with E-state index >= 15 is 0 Å². The highest BCUT2D eigenvalue weighted by molar-refractivity contribution is 7.99. The maximum absolute atomic E-state index is 14.7. The maximum Gasteiger partial charge on any atom is 0.323 e. The molecule has 9 rings (SSSR count). The van der Waals surface area contributed by atoms with Crippen molar-refractivity contribution >= 4 is 91.8 Å². The standard InChI is InChI=1S/C55H48N4O5S2.C2H4O.C2H6/c1-35(57-63-3)38-13-22-43(23-14-38)66-46-28-19-41(20-29-46)55(61)51-32-50-49-31-42(21-30-52(49)59(33-37-9-5-4-6-10-37)54(50)48-12-8-7-11-47(48)51)53(56-62)40-17-26-45(27-18-40)65-44-24-15-39(16-25-44)36(2)58-64-34-60;1-2-3;1-2/h7-8,11-32,34,37,62H,4-6,9-10,33H2,1-3H3;2H,1H3;1-2H3/b56-53+,57-35+,58-36+;;. The molecule has 10 nitrogen and oxygen atoms in total. The first-order valence-corrected chi connectivity index (χ1v) is 25.5. The number of carbonyl (C=O) groups excluding carboxylic acids is 3. The van der Waals surface area contributed by atoms with Crippen LogP contribution in [-0.4, -0.2) is 52.6 Å². The van der Waals surface area contributed by atoms with E-state index in [2.05, 4.69) is 73.4 Å². The Morgan fingerprint density at radius 2 is 1.13 bits per heavy atom. The number of aromatic nitrogens is 1. The molecule has 71 heavy (non-hydrogen) atoms. The molecular weight excluding hydrogens is 925 g/mol. The summed E-state index contributed by atoms with van der Waals surface area (Å²) >= 11 is 3.25. The number of hydrogen-bond donors (Lipinski definition) is 1. The lowest BCUT2D eigenvalue weighted by molar-refractivity contribution is -0.128. The zero-order chi connectivity index (χ0) is 50.3. The van der Waals surface area contributed by atoms with E-state index in [0.29, 0.717) is 34.9 Å². The summed E-state index contributed by atoms with van der Waals surface area (Å²) in [6, 6.07) is 48.6. The van der Waals surface area contributed by atoms with E-state index < -0.39 is 0 Å². The second-order valence-electron chi connectivity index (χ2n) is 16.8. The van der Waals surface area contributed by atoms with E-state index in [1.165, 1.54) is 39.0 Å². The third-order valence-electron chi connectivity index (χ3n) is 12.4. The Morgan fingerprint density at radius 3 is 1.65 bits per heavy atom. The van der Waals surface area contributed by atoms with Gasteiger partial charge >= 0.3 is 6.47 Å². The molecule has 1 N–H and O–H groups in total. The van der Waals surface area contributed by atoms with Crippen LogP contribution in [0.25, 0.3) is 32.6 Å². The van der Waals surface area contributed by atoms with Crippen LogP contribution in [0.15, 0.2) is 181 Å². The number of nitrogens with zero attached hydrogens (tertiary/aromatic N) is 4. The van der Waals surface area contributed by atoms with Crippen molar-refractivity contribution in [2.24, 2.45) is 21.4 Å². The summed E-state index contributed by atoms with van der Waals surface area (Å²) in [5.74, 6) is 0.524. The molecule has 362 valence electrons. The largest absolute Gasteiger partial charge is 0.410 e. The van der Waals surface area contributed by atoms with Crippen molar-refractivity contribution in [1.29, 1.82) is 0 Å². The minimum Gasteiger partial charge on any atom is -0.410 e. The van der Waals surface area contributed by atoms with Crippen LogP contribution < -0.4 is 0 Å². The minimum atomic E-state index is -0.0362. The fourth-order valence-corrected chi connectivity index (χ4v) is 10.7. The number of rotatable bonds is 15. The van der Waals surface area contributed by atoms with E-state index in [1.54, 1.807) is 37.6 Å². The molecule has 1 aliphatic carbocycles. The van der Waals surface area contributed by atoms with Crippen LogP contribution in [0.5, 0.6) is 0 Å². The van der Waals surface area contributed by atoms with Crippen molar-refractivity contribution in [1.82, 2.24) is 4.57 Å². The first kappa shape index (κ1) is 51.6. The lowest BCUT2D eigenvalue weighted by atomic mass is 9.89. The van der Waals surface area contributed by atoms with Gasteiger partial charge in [0.2, 0.25) is 0 Å². The van der Waals surface area contributed by atoms with Crippen molar-refractivity contribution in [3.63, 3.8) is 0 Å². The summed E-state index contributed by atoms with van der Waals surface area (Å²) in [5, 5.41) is 26.2. The molecule has 0 aliphatic heterocycles. The van der Waals surface area contributed by atoms with E-state index in [-0.39, 0.29) is 5.78 Å². The highest BCUT2D eigenvalue weighted by Crippen LogP contribution is 2.40. The predicted octanol–water partition coefficient (Wildman–Crippen LogP) is 14.8. The smallest absolute Gasteiger partial charge is 0.323 e. The third kappa shape index (κ3) is 12.2. The van der Waals surface area contributed by atoms with Gasteiger partial charge in [0.05, 0.1) is 16.9 Å². The highest BCUT2D eigenvalue weighted by Gasteiger charge is 2.24. The Kier molecular flexibility index (Phi) is 18.2. The molecule has 1 aromatic heterocycles.